The molecule has 6 heteroatoms. The van der Waals surface area contributed by atoms with Gasteiger partial charge in [0, 0.05) is 6.20 Å². The van der Waals surface area contributed by atoms with Gasteiger partial charge in [0.25, 0.3) is 0 Å². The third-order valence-electron chi connectivity index (χ3n) is 2.55. The van der Waals surface area contributed by atoms with Gasteiger partial charge in [0.1, 0.15) is 11.6 Å². The van der Waals surface area contributed by atoms with E-state index in [9.17, 15) is 9.59 Å². The molecule has 0 aliphatic carbocycles. The predicted octanol–water partition coefficient (Wildman–Crippen LogP) is 2.06. The van der Waals surface area contributed by atoms with Gasteiger partial charge in [-0.05, 0) is 31.2 Å². The number of pyridine rings is 1. The van der Waals surface area contributed by atoms with E-state index in [0.717, 1.165) is 0 Å². The number of benzene rings is 1. The minimum absolute atomic E-state index is 0.316. The van der Waals surface area contributed by atoms with Crippen LogP contribution in [0, 0.1) is 0 Å². The predicted molar refractivity (Wildman–Crippen MR) is 79.1 cm³/mol. The maximum atomic E-state index is 11.9. The molecule has 2 amide bonds. The van der Waals surface area contributed by atoms with Gasteiger partial charge < -0.3 is 15.4 Å². The largest absolute Gasteiger partial charge is 0.492 e. The molecule has 1 aromatic heterocycles. The highest BCUT2D eigenvalue weighted by molar-refractivity contribution is 6.43. The Balaban J connectivity index is 2.03. The van der Waals surface area contributed by atoms with Crippen LogP contribution < -0.4 is 15.4 Å². The average molecular weight is 285 g/mol. The highest BCUT2D eigenvalue weighted by Crippen LogP contribution is 2.23. The number of aromatic nitrogens is 1. The van der Waals surface area contributed by atoms with E-state index in [1.54, 1.807) is 42.5 Å². The van der Waals surface area contributed by atoms with Crippen LogP contribution in [0.2, 0.25) is 0 Å². The van der Waals surface area contributed by atoms with Crippen LogP contribution in [0.1, 0.15) is 6.92 Å². The van der Waals surface area contributed by atoms with E-state index < -0.39 is 11.8 Å². The first-order chi connectivity index (χ1) is 10.2. The van der Waals surface area contributed by atoms with E-state index in [4.69, 9.17) is 4.74 Å². The fourth-order valence-electron chi connectivity index (χ4n) is 1.64. The zero-order valence-corrected chi connectivity index (χ0v) is 11.5. The molecule has 0 saturated carbocycles. The Morgan fingerprint density at radius 3 is 2.48 bits per heavy atom. The summed E-state index contributed by atoms with van der Waals surface area (Å²) in [5.41, 5.74) is 0.445. The van der Waals surface area contributed by atoms with Crippen LogP contribution in [-0.2, 0) is 9.59 Å². The molecule has 0 unspecified atom stereocenters. The van der Waals surface area contributed by atoms with Gasteiger partial charge in [-0.15, -0.1) is 0 Å². The van der Waals surface area contributed by atoms with Gasteiger partial charge in [-0.2, -0.15) is 0 Å². The summed E-state index contributed by atoms with van der Waals surface area (Å²) in [6, 6.07) is 11.9. The number of anilines is 2. The van der Waals surface area contributed by atoms with E-state index in [1.807, 2.05) is 6.92 Å². The molecule has 0 bridgehead atoms. The van der Waals surface area contributed by atoms with Crippen molar-refractivity contribution in [2.75, 3.05) is 17.2 Å². The van der Waals surface area contributed by atoms with Crippen molar-refractivity contribution in [3.8, 4) is 5.75 Å². The van der Waals surface area contributed by atoms with Gasteiger partial charge in [0.2, 0.25) is 0 Å². The normalized spacial score (nSPS) is 9.76. The van der Waals surface area contributed by atoms with Crippen molar-refractivity contribution < 1.29 is 14.3 Å². The number of carbonyl (C=O) groups is 2. The fraction of sp³-hybridized carbons (Fsp3) is 0.133. The van der Waals surface area contributed by atoms with E-state index in [2.05, 4.69) is 15.6 Å². The molecule has 0 atom stereocenters. The van der Waals surface area contributed by atoms with Gasteiger partial charge >= 0.3 is 11.8 Å². The number of para-hydroxylation sites is 2. The molecule has 0 radical (unpaired) electrons. The first-order valence-corrected chi connectivity index (χ1v) is 6.46. The van der Waals surface area contributed by atoms with Crippen molar-refractivity contribution in [3.63, 3.8) is 0 Å². The highest BCUT2D eigenvalue weighted by atomic mass is 16.5. The zero-order valence-electron chi connectivity index (χ0n) is 11.5. The van der Waals surface area contributed by atoms with Crippen LogP contribution in [0.25, 0.3) is 0 Å². The van der Waals surface area contributed by atoms with Crippen LogP contribution >= 0.6 is 0 Å². The number of carbonyl (C=O) groups excluding carboxylic acids is 2. The van der Waals surface area contributed by atoms with Gasteiger partial charge in [-0.25, -0.2) is 4.98 Å². The second-order valence-corrected chi connectivity index (χ2v) is 4.05. The van der Waals surface area contributed by atoms with Gasteiger partial charge in [-0.1, -0.05) is 18.2 Å². The minimum Gasteiger partial charge on any atom is -0.492 e. The standard InChI is InChI=1S/C15H15N3O3/c1-2-21-12-8-4-3-7-11(12)17-14(19)15(20)18-13-9-5-6-10-16-13/h3-10H,2H2,1H3,(H,17,19)(H,16,18,20). The monoisotopic (exact) mass is 285 g/mol. The first-order valence-electron chi connectivity index (χ1n) is 6.46. The average Bonchev–Trinajstić information content (AvgIpc) is 2.50. The number of hydrogen-bond acceptors (Lipinski definition) is 4. The Labute approximate surface area is 122 Å². The summed E-state index contributed by atoms with van der Waals surface area (Å²) in [5.74, 6) is -0.748. The molecule has 0 aliphatic rings. The molecule has 1 heterocycles. The third kappa shape index (κ3) is 4.04. The number of amides is 2. The molecule has 2 N–H and O–H groups in total. The Kier molecular flexibility index (Phi) is 4.87. The molecule has 6 nitrogen and oxygen atoms in total. The molecule has 108 valence electrons. The van der Waals surface area contributed by atoms with Crippen LogP contribution in [0.4, 0.5) is 11.5 Å². The van der Waals surface area contributed by atoms with Gasteiger partial charge in [0.15, 0.2) is 0 Å². The lowest BCUT2D eigenvalue weighted by molar-refractivity contribution is -0.133. The van der Waals surface area contributed by atoms with Crippen LogP contribution in [-0.4, -0.2) is 23.4 Å². The quantitative estimate of drug-likeness (QED) is 0.843. The summed E-state index contributed by atoms with van der Waals surface area (Å²) in [4.78, 5) is 27.6. The number of hydrogen-bond donors (Lipinski definition) is 2. The lowest BCUT2D eigenvalue weighted by Crippen LogP contribution is -2.29. The molecule has 0 fully saturated rings. The maximum Gasteiger partial charge on any atom is 0.315 e. The molecule has 2 rings (SSSR count). The Morgan fingerprint density at radius 1 is 1.05 bits per heavy atom. The number of rotatable bonds is 4. The Morgan fingerprint density at radius 2 is 1.76 bits per heavy atom. The molecule has 21 heavy (non-hydrogen) atoms. The summed E-state index contributed by atoms with van der Waals surface area (Å²) in [7, 11) is 0. The Hall–Kier alpha value is -2.89. The molecule has 2 aromatic rings. The fourth-order valence-corrected chi connectivity index (χ4v) is 1.64. The van der Waals surface area contributed by atoms with Crippen molar-refractivity contribution in [2.45, 2.75) is 6.92 Å². The van der Waals surface area contributed by atoms with E-state index in [0.29, 0.717) is 23.9 Å². The molecule has 0 aliphatic heterocycles. The lowest BCUT2D eigenvalue weighted by atomic mass is 10.3. The third-order valence-corrected chi connectivity index (χ3v) is 2.55. The summed E-state index contributed by atoms with van der Waals surface area (Å²) in [5, 5.41) is 4.92. The smallest absolute Gasteiger partial charge is 0.315 e. The highest BCUT2D eigenvalue weighted by Gasteiger charge is 2.16. The summed E-state index contributed by atoms with van der Waals surface area (Å²) in [6.07, 6.45) is 1.53. The molecular weight excluding hydrogens is 270 g/mol. The molecule has 0 saturated heterocycles. The van der Waals surface area contributed by atoms with Crippen LogP contribution in [0.15, 0.2) is 48.7 Å². The second kappa shape index (κ2) is 7.04. The summed E-state index contributed by atoms with van der Waals surface area (Å²) < 4.78 is 5.38. The van der Waals surface area contributed by atoms with E-state index >= 15 is 0 Å². The maximum absolute atomic E-state index is 11.9. The van der Waals surface area contributed by atoms with Gasteiger partial charge in [-0.3, -0.25) is 9.59 Å². The van der Waals surface area contributed by atoms with Crippen molar-refractivity contribution in [1.29, 1.82) is 0 Å². The summed E-state index contributed by atoms with van der Waals surface area (Å²) >= 11 is 0. The molecule has 0 spiro atoms. The number of ether oxygens (including phenoxy) is 1. The van der Waals surface area contributed by atoms with Crippen molar-refractivity contribution >= 4 is 23.3 Å². The zero-order chi connectivity index (χ0) is 15.1. The van der Waals surface area contributed by atoms with Gasteiger partial charge in [0.05, 0.1) is 12.3 Å². The Bertz CT molecular complexity index is 629. The van der Waals surface area contributed by atoms with Crippen molar-refractivity contribution in [2.24, 2.45) is 0 Å². The molecular formula is C15H15N3O3. The van der Waals surface area contributed by atoms with Crippen molar-refractivity contribution in [3.05, 3.63) is 48.7 Å². The second-order valence-electron chi connectivity index (χ2n) is 4.05. The lowest BCUT2D eigenvalue weighted by Gasteiger charge is -2.10. The first kappa shape index (κ1) is 14.5. The SMILES string of the molecule is CCOc1ccccc1NC(=O)C(=O)Nc1ccccn1. The van der Waals surface area contributed by atoms with E-state index in [-0.39, 0.29) is 0 Å². The number of nitrogens with zero attached hydrogens (tertiary/aromatic N) is 1. The van der Waals surface area contributed by atoms with Crippen LogP contribution in [0.3, 0.4) is 0 Å². The van der Waals surface area contributed by atoms with Crippen molar-refractivity contribution in [1.82, 2.24) is 4.98 Å². The summed E-state index contributed by atoms with van der Waals surface area (Å²) in [6.45, 7) is 2.30. The number of nitrogens with one attached hydrogen (secondary N) is 2. The molecule has 1 aromatic carbocycles. The topological polar surface area (TPSA) is 80.3 Å². The minimum atomic E-state index is -0.792. The van der Waals surface area contributed by atoms with E-state index in [1.165, 1.54) is 6.20 Å². The van der Waals surface area contributed by atoms with Crippen LogP contribution in [0.5, 0.6) is 5.75 Å².